The predicted octanol–water partition coefficient (Wildman–Crippen LogP) is 3.86. The molecule has 0 saturated heterocycles. The lowest BCUT2D eigenvalue weighted by Gasteiger charge is -2.29. The molecule has 0 unspecified atom stereocenters. The third-order valence-corrected chi connectivity index (χ3v) is 5.25. The summed E-state index contributed by atoms with van der Waals surface area (Å²) in [5.74, 6) is -0.143. The Morgan fingerprint density at radius 3 is 2.85 bits per heavy atom. The van der Waals surface area contributed by atoms with Crippen LogP contribution in [0.5, 0.6) is 0 Å². The highest BCUT2D eigenvalue weighted by Gasteiger charge is 2.25. The molecular weight excluding hydrogens is 331 g/mol. The highest BCUT2D eigenvalue weighted by atomic mass is 19.1. The van der Waals surface area contributed by atoms with Crippen molar-refractivity contribution in [3.63, 3.8) is 0 Å². The van der Waals surface area contributed by atoms with E-state index in [1.54, 1.807) is 12.1 Å². The van der Waals surface area contributed by atoms with Crippen molar-refractivity contribution in [2.24, 2.45) is 0 Å². The molecule has 0 bridgehead atoms. The van der Waals surface area contributed by atoms with Gasteiger partial charge in [0.1, 0.15) is 17.8 Å². The van der Waals surface area contributed by atoms with Crippen LogP contribution in [0, 0.1) is 12.7 Å². The summed E-state index contributed by atoms with van der Waals surface area (Å²) in [6.07, 6.45) is 9.18. The average Bonchev–Trinajstić information content (AvgIpc) is 3.13. The standard InChI is InChI=1S/C20H21FN4O/c1-12-5-6-17(21)16-8-18(25-19(12)16)20(26)24-15-4-2-3-13(7-15)14-9-22-11-23-10-14/h5-6,8-11,13,15,25H,2-4,7H2,1H3,(H,24,26)/t13-,15-/m1/s1. The lowest BCUT2D eigenvalue weighted by Crippen LogP contribution is -2.38. The molecule has 3 aromatic rings. The van der Waals surface area contributed by atoms with Gasteiger partial charge in [-0.2, -0.15) is 0 Å². The fourth-order valence-electron chi connectivity index (χ4n) is 3.86. The van der Waals surface area contributed by atoms with E-state index in [0.29, 0.717) is 22.5 Å². The van der Waals surface area contributed by atoms with Crippen molar-refractivity contribution in [1.29, 1.82) is 0 Å². The summed E-state index contributed by atoms with van der Waals surface area (Å²) in [6.45, 7) is 1.90. The van der Waals surface area contributed by atoms with Crippen LogP contribution in [0.4, 0.5) is 4.39 Å². The van der Waals surface area contributed by atoms with Crippen molar-refractivity contribution in [2.75, 3.05) is 0 Å². The summed E-state index contributed by atoms with van der Waals surface area (Å²) in [4.78, 5) is 23.9. The van der Waals surface area contributed by atoms with Crippen LogP contribution in [0.25, 0.3) is 10.9 Å². The van der Waals surface area contributed by atoms with Gasteiger partial charge < -0.3 is 10.3 Å². The number of aromatic amines is 1. The summed E-state index contributed by atoms with van der Waals surface area (Å²) in [5, 5.41) is 3.56. The molecule has 2 heterocycles. The minimum Gasteiger partial charge on any atom is -0.350 e. The molecule has 0 radical (unpaired) electrons. The molecule has 1 amide bonds. The maximum Gasteiger partial charge on any atom is 0.267 e. The van der Waals surface area contributed by atoms with Crippen LogP contribution in [0.3, 0.4) is 0 Å². The molecule has 0 aliphatic heterocycles. The number of carbonyl (C=O) groups is 1. The molecule has 26 heavy (non-hydrogen) atoms. The minimum atomic E-state index is -0.317. The summed E-state index contributed by atoms with van der Waals surface area (Å²) < 4.78 is 14.0. The van der Waals surface area contributed by atoms with Crippen molar-refractivity contribution < 1.29 is 9.18 Å². The Balaban J connectivity index is 1.49. The molecule has 2 atom stereocenters. The smallest absolute Gasteiger partial charge is 0.267 e. The fourth-order valence-corrected chi connectivity index (χ4v) is 3.86. The van der Waals surface area contributed by atoms with Crippen LogP contribution in [0.2, 0.25) is 0 Å². The number of hydrogen-bond acceptors (Lipinski definition) is 3. The fraction of sp³-hybridized carbons (Fsp3) is 0.350. The monoisotopic (exact) mass is 352 g/mol. The molecule has 2 N–H and O–H groups in total. The first-order valence-electron chi connectivity index (χ1n) is 8.95. The number of nitrogens with zero attached hydrogens (tertiary/aromatic N) is 2. The number of fused-ring (bicyclic) bond motifs is 1. The molecule has 1 aliphatic rings. The number of nitrogens with one attached hydrogen (secondary N) is 2. The number of hydrogen-bond donors (Lipinski definition) is 2. The Labute approximate surface area is 151 Å². The van der Waals surface area contributed by atoms with Gasteiger partial charge in [-0.15, -0.1) is 0 Å². The van der Waals surface area contributed by atoms with Crippen molar-refractivity contribution in [1.82, 2.24) is 20.3 Å². The molecule has 1 aromatic carbocycles. The molecule has 6 heteroatoms. The Hall–Kier alpha value is -2.76. The van der Waals surface area contributed by atoms with E-state index in [4.69, 9.17) is 0 Å². The molecular formula is C20H21FN4O. The van der Waals surface area contributed by atoms with Crippen LogP contribution in [-0.4, -0.2) is 26.9 Å². The van der Waals surface area contributed by atoms with Crippen LogP contribution in [-0.2, 0) is 0 Å². The number of aryl methyl sites for hydroxylation is 1. The zero-order valence-electron chi connectivity index (χ0n) is 14.6. The van der Waals surface area contributed by atoms with Crippen LogP contribution in [0.15, 0.2) is 36.9 Å². The van der Waals surface area contributed by atoms with Gasteiger partial charge in [-0.05, 0) is 55.4 Å². The van der Waals surface area contributed by atoms with Crippen LogP contribution >= 0.6 is 0 Å². The van der Waals surface area contributed by atoms with Gasteiger partial charge in [0.15, 0.2) is 0 Å². The van der Waals surface area contributed by atoms with Gasteiger partial charge in [0.05, 0.1) is 5.52 Å². The maximum atomic E-state index is 14.0. The predicted molar refractivity (Wildman–Crippen MR) is 97.5 cm³/mol. The minimum absolute atomic E-state index is 0.0961. The molecule has 134 valence electrons. The largest absolute Gasteiger partial charge is 0.350 e. The van der Waals surface area contributed by atoms with Gasteiger partial charge >= 0.3 is 0 Å². The molecule has 1 aliphatic carbocycles. The Morgan fingerprint density at radius 2 is 2.08 bits per heavy atom. The van der Waals surface area contributed by atoms with Crippen LogP contribution in [0.1, 0.15) is 53.2 Å². The van der Waals surface area contributed by atoms with Crippen molar-refractivity contribution in [3.05, 3.63) is 59.6 Å². The summed E-state index contributed by atoms with van der Waals surface area (Å²) in [7, 11) is 0. The number of rotatable bonds is 3. The second kappa shape index (κ2) is 6.86. The van der Waals surface area contributed by atoms with Crippen molar-refractivity contribution >= 4 is 16.8 Å². The van der Waals surface area contributed by atoms with Gasteiger partial charge in [-0.1, -0.05) is 12.5 Å². The van der Waals surface area contributed by atoms with Crippen molar-refractivity contribution in [2.45, 2.75) is 44.6 Å². The number of amides is 1. The average molecular weight is 352 g/mol. The number of carbonyl (C=O) groups excluding carboxylic acids is 1. The maximum absolute atomic E-state index is 14.0. The number of aromatic nitrogens is 3. The van der Waals surface area contributed by atoms with E-state index in [1.807, 2.05) is 19.3 Å². The van der Waals surface area contributed by atoms with Gasteiger partial charge in [-0.3, -0.25) is 4.79 Å². The van der Waals surface area contributed by atoms with Crippen LogP contribution < -0.4 is 5.32 Å². The van der Waals surface area contributed by atoms with E-state index >= 15 is 0 Å². The first kappa shape index (κ1) is 16.7. The normalized spacial score (nSPS) is 20.2. The second-order valence-electron chi connectivity index (χ2n) is 7.04. The quantitative estimate of drug-likeness (QED) is 0.752. The third-order valence-electron chi connectivity index (χ3n) is 5.25. The summed E-state index contributed by atoms with van der Waals surface area (Å²) >= 11 is 0. The van der Waals surface area contributed by atoms with Gasteiger partial charge in [-0.25, -0.2) is 14.4 Å². The molecule has 1 saturated carbocycles. The number of halogens is 1. The first-order valence-corrected chi connectivity index (χ1v) is 8.95. The Bertz CT molecular complexity index is 899. The lowest BCUT2D eigenvalue weighted by atomic mass is 9.82. The van der Waals surface area contributed by atoms with E-state index in [1.165, 1.54) is 12.4 Å². The van der Waals surface area contributed by atoms with E-state index in [0.717, 1.165) is 36.8 Å². The summed E-state index contributed by atoms with van der Waals surface area (Å²) in [5.41, 5.74) is 3.12. The first-order chi connectivity index (χ1) is 12.6. The highest BCUT2D eigenvalue weighted by molar-refractivity contribution is 5.99. The van der Waals surface area contributed by atoms with E-state index in [-0.39, 0.29) is 17.8 Å². The SMILES string of the molecule is Cc1ccc(F)c2cc(C(=O)N[C@@H]3CCC[C@@H](c4cncnc4)C3)[nH]c12. The molecule has 2 aromatic heterocycles. The van der Waals surface area contributed by atoms with E-state index in [2.05, 4.69) is 20.3 Å². The topological polar surface area (TPSA) is 70.7 Å². The summed E-state index contributed by atoms with van der Waals surface area (Å²) in [6, 6.07) is 4.83. The van der Waals surface area contributed by atoms with Crippen molar-refractivity contribution in [3.8, 4) is 0 Å². The number of H-pyrrole nitrogens is 1. The van der Waals surface area contributed by atoms with Gasteiger partial charge in [0, 0.05) is 23.8 Å². The number of benzene rings is 1. The van der Waals surface area contributed by atoms with Gasteiger partial charge in [0.25, 0.3) is 5.91 Å². The molecule has 0 spiro atoms. The zero-order valence-corrected chi connectivity index (χ0v) is 14.6. The van der Waals surface area contributed by atoms with E-state index in [9.17, 15) is 9.18 Å². The van der Waals surface area contributed by atoms with Gasteiger partial charge in [0.2, 0.25) is 0 Å². The Morgan fingerprint density at radius 1 is 1.27 bits per heavy atom. The second-order valence-corrected chi connectivity index (χ2v) is 7.04. The molecule has 4 rings (SSSR count). The zero-order chi connectivity index (χ0) is 18.1. The molecule has 1 fully saturated rings. The lowest BCUT2D eigenvalue weighted by molar-refractivity contribution is 0.0921. The molecule has 5 nitrogen and oxygen atoms in total. The highest BCUT2D eigenvalue weighted by Crippen LogP contribution is 2.32. The Kier molecular flexibility index (Phi) is 4.41. The third kappa shape index (κ3) is 3.19. The van der Waals surface area contributed by atoms with E-state index < -0.39 is 0 Å².